The number of fused-ring (bicyclic) bond motifs is 1. The molecule has 2 aliphatic heterocycles. The summed E-state index contributed by atoms with van der Waals surface area (Å²) in [6.45, 7) is 5.96. The van der Waals surface area contributed by atoms with Gasteiger partial charge < -0.3 is 4.90 Å². The van der Waals surface area contributed by atoms with Crippen molar-refractivity contribution in [1.29, 1.82) is 0 Å². The fourth-order valence-electron chi connectivity index (χ4n) is 3.39. The first-order valence-corrected chi connectivity index (χ1v) is 8.37. The standard InChI is InChI=1S/C15H20BrClN2/c1-11-9-18-6-2-3-13(18)10-19(11)15-5-4-12(8-17)7-14(15)16/h4-5,7,11,13H,2-3,6,8-10H2,1H3. The maximum absolute atomic E-state index is 5.90. The van der Waals surface area contributed by atoms with Crippen LogP contribution in [0.2, 0.25) is 0 Å². The van der Waals surface area contributed by atoms with Crippen LogP contribution in [0.3, 0.4) is 0 Å². The summed E-state index contributed by atoms with van der Waals surface area (Å²) in [4.78, 5) is 5.21. The molecule has 3 rings (SSSR count). The van der Waals surface area contributed by atoms with Gasteiger partial charge in [-0.1, -0.05) is 6.07 Å². The Labute approximate surface area is 128 Å². The minimum absolute atomic E-state index is 0.574. The molecule has 0 radical (unpaired) electrons. The minimum Gasteiger partial charge on any atom is -0.365 e. The molecule has 1 aromatic rings. The Kier molecular flexibility index (Phi) is 4.06. The van der Waals surface area contributed by atoms with Gasteiger partial charge in [0.2, 0.25) is 0 Å². The molecule has 1 aromatic carbocycles. The summed E-state index contributed by atoms with van der Waals surface area (Å²) < 4.78 is 1.17. The van der Waals surface area contributed by atoms with Crippen LogP contribution in [0.25, 0.3) is 0 Å². The van der Waals surface area contributed by atoms with Crippen molar-refractivity contribution < 1.29 is 0 Å². The highest BCUT2D eigenvalue weighted by molar-refractivity contribution is 9.10. The Balaban J connectivity index is 1.84. The number of nitrogens with zero attached hydrogens (tertiary/aromatic N) is 2. The van der Waals surface area contributed by atoms with Crippen LogP contribution in [0, 0.1) is 0 Å². The summed E-state index contributed by atoms with van der Waals surface area (Å²) in [7, 11) is 0. The number of benzene rings is 1. The lowest BCUT2D eigenvalue weighted by Gasteiger charge is -2.44. The first kappa shape index (κ1) is 13.7. The zero-order valence-corrected chi connectivity index (χ0v) is 13.6. The van der Waals surface area contributed by atoms with Crippen LogP contribution in [0.1, 0.15) is 25.3 Å². The highest BCUT2D eigenvalue weighted by Gasteiger charge is 2.34. The van der Waals surface area contributed by atoms with Gasteiger partial charge in [-0.3, -0.25) is 4.90 Å². The van der Waals surface area contributed by atoms with Gasteiger partial charge in [-0.15, -0.1) is 11.6 Å². The van der Waals surface area contributed by atoms with E-state index in [0.29, 0.717) is 11.9 Å². The van der Waals surface area contributed by atoms with Crippen LogP contribution < -0.4 is 4.90 Å². The first-order valence-electron chi connectivity index (χ1n) is 7.04. The smallest absolute Gasteiger partial charge is 0.0514 e. The monoisotopic (exact) mass is 342 g/mol. The quantitative estimate of drug-likeness (QED) is 0.752. The molecule has 2 atom stereocenters. The van der Waals surface area contributed by atoms with Crippen molar-refractivity contribution in [3.05, 3.63) is 28.2 Å². The molecule has 0 bridgehead atoms. The van der Waals surface area contributed by atoms with E-state index in [1.807, 2.05) is 0 Å². The van der Waals surface area contributed by atoms with E-state index in [2.05, 4.69) is 50.9 Å². The van der Waals surface area contributed by atoms with Crippen molar-refractivity contribution in [2.24, 2.45) is 0 Å². The predicted molar refractivity (Wildman–Crippen MR) is 85.1 cm³/mol. The van der Waals surface area contributed by atoms with Crippen molar-refractivity contribution in [3.63, 3.8) is 0 Å². The molecule has 2 aliphatic rings. The summed E-state index contributed by atoms with van der Waals surface area (Å²) in [5, 5.41) is 0. The molecule has 2 nitrogen and oxygen atoms in total. The van der Waals surface area contributed by atoms with Gasteiger partial charge in [0.25, 0.3) is 0 Å². The molecule has 2 unspecified atom stereocenters. The molecule has 104 valence electrons. The third kappa shape index (κ3) is 2.65. The van der Waals surface area contributed by atoms with E-state index in [9.17, 15) is 0 Å². The van der Waals surface area contributed by atoms with Gasteiger partial charge in [-0.05, 0) is 59.9 Å². The number of alkyl halides is 1. The molecule has 0 amide bonds. The minimum atomic E-state index is 0.574. The summed E-state index contributed by atoms with van der Waals surface area (Å²) in [6.07, 6.45) is 2.71. The second-order valence-corrected chi connectivity index (χ2v) is 6.83. The lowest BCUT2D eigenvalue weighted by atomic mass is 10.1. The van der Waals surface area contributed by atoms with E-state index in [-0.39, 0.29) is 0 Å². The number of piperazine rings is 1. The van der Waals surface area contributed by atoms with Crippen LogP contribution in [-0.4, -0.2) is 36.6 Å². The maximum Gasteiger partial charge on any atom is 0.0514 e. The third-order valence-electron chi connectivity index (χ3n) is 4.41. The van der Waals surface area contributed by atoms with Crippen LogP contribution in [0.15, 0.2) is 22.7 Å². The van der Waals surface area contributed by atoms with Gasteiger partial charge in [-0.25, -0.2) is 0 Å². The topological polar surface area (TPSA) is 6.48 Å². The second-order valence-electron chi connectivity index (χ2n) is 5.71. The number of anilines is 1. The van der Waals surface area contributed by atoms with Gasteiger partial charge >= 0.3 is 0 Å². The number of rotatable bonds is 2. The van der Waals surface area contributed by atoms with Crippen LogP contribution in [-0.2, 0) is 5.88 Å². The normalized spacial score (nSPS) is 27.6. The van der Waals surface area contributed by atoms with Crippen molar-refractivity contribution in [3.8, 4) is 0 Å². The zero-order valence-electron chi connectivity index (χ0n) is 11.3. The SMILES string of the molecule is CC1CN2CCCC2CN1c1ccc(CCl)cc1Br. The van der Waals surface area contributed by atoms with Gasteiger partial charge in [0.15, 0.2) is 0 Å². The van der Waals surface area contributed by atoms with Crippen molar-refractivity contribution in [2.75, 3.05) is 24.5 Å². The molecule has 19 heavy (non-hydrogen) atoms. The van der Waals surface area contributed by atoms with Crippen LogP contribution in [0.5, 0.6) is 0 Å². The molecular weight excluding hydrogens is 324 g/mol. The molecule has 2 fully saturated rings. The fraction of sp³-hybridized carbons (Fsp3) is 0.600. The molecule has 0 aromatic heterocycles. The van der Waals surface area contributed by atoms with E-state index < -0.39 is 0 Å². The Morgan fingerprint density at radius 2 is 2.21 bits per heavy atom. The van der Waals surface area contributed by atoms with Crippen molar-refractivity contribution in [2.45, 2.75) is 37.7 Å². The average Bonchev–Trinajstić information content (AvgIpc) is 2.85. The fourth-order valence-corrected chi connectivity index (χ4v) is 4.21. The summed E-state index contributed by atoms with van der Waals surface area (Å²) in [5.74, 6) is 0.574. The highest BCUT2D eigenvalue weighted by Crippen LogP contribution is 2.33. The highest BCUT2D eigenvalue weighted by atomic mass is 79.9. The Bertz CT molecular complexity index is 465. The lowest BCUT2D eigenvalue weighted by Crippen LogP contribution is -2.55. The van der Waals surface area contributed by atoms with E-state index >= 15 is 0 Å². The molecule has 0 saturated carbocycles. The van der Waals surface area contributed by atoms with E-state index in [0.717, 1.165) is 12.6 Å². The summed E-state index contributed by atoms with van der Waals surface area (Å²) in [5.41, 5.74) is 2.48. The third-order valence-corrected chi connectivity index (χ3v) is 5.36. The largest absolute Gasteiger partial charge is 0.365 e. The van der Waals surface area contributed by atoms with E-state index in [1.54, 1.807) is 0 Å². The zero-order chi connectivity index (χ0) is 13.4. The second kappa shape index (κ2) is 5.63. The molecular formula is C15H20BrClN2. The molecule has 2 heterocycles. The summed E-state index contributed by atoms with van der Waals surface area (Å²) in [6, 6.07) is 7.82. The Hall–Kier alpha value is -0.250. The first-order chi connectivity index (χ1) is 9.19. The van der Waals surface area contributed by atoms with Gasteiger partial charge in [-0.2, -0.15) is 0 Å². The van der Waals surface area contributed by atoms with Crippen molar-refractivity contribution in [1.82, 2.24) is 4.90 Å². The van der Waals surface area contributed by atoms with Gasteiger partial charge in [0.1, 0.15) is 0 Å². The number of hydrogen-bond acceptors (Lipinski definition) is 2. The lowest BCUT2D eigenvalue weighted by molar-refractivity contribution is 0.203. The molecule has 0 N–H and O–H groups in total. The Morgan fingerprint density at radius 3 is 2.95 bits per heavy atom. The van der Waals surface area contributed by atoms with Gasteiger partial charge in [0, 0.05) is 35.5 Å². The number of halogens is 2. The molecule has 2 saturated heterocycles. The van der Waals surface area contributed by atoms with Crippen LogP contribution >= 0.6 is 27.5 Å². The Morgan fingerprint density at radius 1 is 1.37 bits per heavy atom. The molecule has 0 aliphatic carbocycles. The van der Waals surface area contributed by atoms with Crippen LogP contribution in [0.4, 0.5) is 5.69 Å². The average molecular weight is 344 g/mol. The van der Waals surface area contributed by atoms with E-state index in [1.165, 1.54) is 41.7 Å². The predicted octanol–water partition coefficient (Wildman–Crippen LogP) is 3.86. The van der Waals surface area contributed by atoms with E-state index in [4.69, 9.17) is 11.6 Å². The summed E-state index contributed by atoms with van der Waals surface area (Å²) >= 11 is 9.61. The van der Waals surface area contributed by atoms with Gasteiger partial charge in [0.05, 0.1) is 5.69 Å². The molecule has 0 spiro atoms. The maximum atomic E-state index is 5.90. The number of hydrogen-bond donors (Lipinski definition) is 0. The van der Waals surface area contributed by atoms with Crippen molar-refractivity contribution >= 4 is 33.2 Å². The molecule has 4 heteroatoms.